The molecular formula is C24H31N3O4S. The van der Waals surface area contributed by atoms with Gasteiger partial charge in [-0.1, -0.05) is 49.6 Å². The number of carbonyl (C=O) groups is 2. The molecule has 172 valence electrons. The molecule has 0 radical (unpaired) electrons. The fraction of sp³-hybridized carbons (Fsp3) is 0.417. The van der Waals surface area contributed by atoms with Crippen molar-refractivity contribution in [1.29, 1.82) is 0 Å². The monoisotopic (exact) mass is 457 g/mol. The molecule has 3 rings (SSSR count). The van der Waals surface area contributed by atoms with E-state index in [-0.39, 0.29) is 30.8 Å². The second-order valence-corrected chi connectivity index (χ2v) is 10.1. The van der Waals surface area contributed by atoms with Gasteiger partial charge in [-0.25, -0.2) is 8.42 Å². The lowest BCUT2D eigenvalue weighted by Gasteiger charge is -2.23. The summed E-state index contributed by atoms with van der Waals surface area (Å²) in [5, 5.41) is 5.89. The van der Waals surface area contributed by atoms with E-state index in [4.69, 9.17) is 0 Å². The topological polar surface area (TPSA) is 95.6 Å². The summed E-state index contributed by atoms with van der Waals surface area (Å²) in [6, 6.07) is 16.0. The molecule has 2 amide bonds. The van der Waals surface area contributed by atoms with Crippen molar-refractivity contribution in [2.75, 3.05) is 22.4 Å². The summed E-state index contributed by atoms with van der Waals surface area (Å²) in [5.74, 6) is -0.440. The Morgan fingerprint density at radius 1 is 0.969 bits per heavy atom. The van der Waals surface area contributed by atoms with Crippen LogP contribution in [0.5, 0.6) is 0 Å². The van der Waals surface area contributed by atoms with E-state index in [1.807, 2.05) is 6.07 Å². The van der Waals surface area contributed by atoms with E-state index >= 15 is 0 Å². The van der Waals surface area contributed by atoms with E-state index < -0.39 is 10.0 Å². The third-order valence-electron chi connectivity index (χ3n) is 5.60. The van der Waals surface area contributed by atoms with Crippen molar-refractivity contribution >= 4 is 33.2 Å². The summed E-state index contributed by atoms with van der Waals surface area (Å²) < 4.78 is 25.6. The lowest BCUT2D eigenvalue weighted by Crippen LogP contribution is -2.36. The lowest BCUT2D eigenvalue weighted by atomic mass is 9.95. The molecule has 0 heterocycles. The number of benzene rings is 2. The van der Waals surface area contributed by atoms with E-state index in [1.54, 1.807) is 48.5 Å². The number of hydrogen-bond acceptors (Lipinski definition) is 4. The number of rotatable bonds is 9. The molecule has 0 bridgehead atoms. The Morgan fingerprint density at radius 3 is 2.31 bits per heavy atom. The Hall–Kier alpha value is -2.87. The first-order valence-corrected chi connectivity index (χ1v) is 12.9. The largest absolute Gasteiger partial charge is 0.349 e. The molecule has 0 aromatic heterocycles. The van der Waals surface area contributed by atoms with Crippen molar-refractivity contribution in [1.82, 2.24) is 5.32 Å². The Labute approximate surface area is 190 Å². The molecular weight excluding hydrogens is 426 g/mol. The van der Waals surface area contributed by atoms with Gasteiger partial charge in [0.25, 0.3) is 5.91 Å². The van der Waals surface area contributed by atoms with Crippen molar-refractivity contribution in [2.45, 2.75) is 51.0 Å². The van der Waals surface area contributed by atoms with E-state index in [0.29, 0.717) is 23.4 Å². The third kappa shape index (κ3) is 6.82. The molecule has 7 nitrogen and oxygen atoms in total. The lowest BCUT2D eigenvalue weighted by molar-refractivity contribution is -0.116. The molecule has 32 heavy (non-hydrogen) atoms. The second kappa shape index (κ2) is 11.1. The van der Waals surface area contributed by atoms with Crippen LogP contribution in [0.1, 0.15) is 55.3 Å². The summed E-state index contributed by atoms with van der Waals surface area (Å²) in [6.07, 6.45) is 7.06. The highest BCUT2D eigenvalue weighted by atomic mass is 32.2. The molecule has 1 fully saturated rings. The molecule has 1 aliphatic rings. The Bertz CT molecular complexity index is 1020. The first-order valence-electron chi connectivity index (χ1n) is 11.1. The van der Waals surface area contributed by atoms with Crippen molar-refractivity contribution < 1.29 is 18.0 Å². The van der Waals surface area contributed by atoms with Crippen LogP contribution in [0.4, 0.5) is 11.4 Å². The van der Waals surface area contributed by atoms with E-state index in [0.717, 1.165) is 31.9 Å². The van der Waals surface area contributed by atoms with Gasteiger partial charge in [0, 0.05) is 19.0 Å². The van der Waals surface area contributed by atoms with Crippen LogP contribution in [-0.4, -0.2) is 39.1 Å². The standard InChI is InChI=1S/C24H31N3O4S/c1-32(30,31)27(20-13-6-3-7-14-20)18-10-17-23(28)26-22-16-9-8-15-21(22)24(29)25-19-11-4-2-5-12-19/h3,6-9,13-16,19H,2,4-5,10-12,17-18H2,1H3,(H,25,29)(H,26,28). The number of nitrogens with one attached hydrogen (secondary N) is 2. The molecule has 8 heteroatoms. The van der Waals surface area contributed by atoms with Crippen LogP contribution in [0.2, 0.25) is 0 Å². The van der Waals surface area contributed by atoms with Crippen LogP contribution in [0, 0.1) is 0 Å². The molecule has 0 aliphatic heterocycles. The first kappa shape index (κ1) is 23.8. The molecule has 2 N–H and O–H groups in total. The predicted molar refractivity (Wildman–Crippen MR) is 127 cm³/mol. The summed E-state index contributed by atoms with van der Waals surface area (Å²) in [4.78, 5) is 25.3. The highest BCUT2D eigenvalue weighted by molar-refractivity contribution is 7.92. The minimum Gasteiger partial charge on any atom is -0.349 e. The number of nitrogens with zero attached hydrogens (tertiary/aromatic N) is 1. The van der Waals surface area contributed by atoms with Gasteiger partial charge in [-0.05, 0) is 43.5 Å². The van der Waals surface area contributed by atoms with Crippen LogP contribution >= 0.6 is 0 Å². The van der Waals surface area contributed by atoms with Crippen molar-refractivity contribution in [3.05, 3.63) is 60.2 Å². The van der Waals surface area contributed by atoms with Gasteiger partial charge in [0.15, 0.2) is 0 Å². The summed E-state index contributed by atoms with van der Waals surface area (Å²) in [5.41, 5.74) is 1.47. The molecule has 1 aliphatic carbocycles. The Balaban J connectivity index is 1.57. The predicted octanol–water partition coefficient (Wildman–Crippen LogP) is 3.93. The van der Waals surface area contributed by atoms with Crippen LogP contribution in [0.3, 0.4) is 0 Å². The number of sulfonamides is 1. The smallest absolute Gasteiger partial charge is 0.253 e. The molecule has 0 spiro atoms. The van der Waals surface area contributed by atoms with Gasteiger partial charge >= 0.3 is 0 Å². The number of hydrogen-bond donors (Lipinski definition) is 2. The molecule has 2 aromatic carbocycles. The van der Waals surface area contributed by atoms with Gasteiger partial charge in [0.2, 0.25) is 15.9 Å². The maximum absolute atomic E-state index is 12.8. The van der Waals surface area contributed by atoms with Crippen molar-refractivity contribution in [3.8, 4) is 0 Å². The zero-order valence-electron chi connectivity index (χ0n) is 18.4. The fourth-order valence-corrected chi connectivity index (χ4v) is 4.94. The van der Waals surface area contributed by atoms with Gasteiger partial charge in [-0.2, -0.15) is 0 Å². The molecule has 0 atom stereocenters. The summed E-state index contributed by atoms with van der Waals surface area (Å²) >= 11 is 0. The number of anilines is 2. The van der Waals surface area contributed by atoms with Gasteiger partial charge in [0.1, 0.15) is 0 Å². The Morgan fingerprint density at radius 2 is 1.62 bits per heavy atom. The second-order valence-electron chi connectivity index (χ2n) is 8.18. The highest BCUT2D eigenvalue weighted by Gasteiger charge is 2.20. The average molecular weight is 458 g/mol. The summed E-state index contributed by atoms with van der Waals surface area (Å²) in [6.45, 7) is 0.195. The number of amides is 2. The first-order chi connectivity index (χ1) is 15.3. The van der Waals surface area contributed by atoms with Crippen LogP contribution in [-0.2, 0) is 14.8 Å². The highest BCUT2D eigenvalue weighted by Crippen LogP contribution is 2.21. The van der Waals surface area contributed by atoms with Crippen LogP contribution < -0.4 is 14.9 Å². The average Bonchev–Trinajstić information content (AvgIpc) is 2.77. The SMILES string of the molecule is CS(=O)(=O)N(CCCC(=O)Nc1ccccc1C(=O)NC1CCCCC1)c1ccccc1. The number of carbonyl (C=O) groups excluding carboxylic acids is 2. The van der Waals surface area contributed by atoms with E-state index in [1.165, 1.54) is 10.7 Å². The quantitative estimate of drug-likeness (QED) is 0.596. The van der Waals surface area contributed by atoms with Crippen LogP contribution in [0.25, 0.3) is 0 Å². The summed E-state index contributed by atoms with van der Waals surface area (Å²) in [7, 11) is -3.46. The zero-order valence-corrected chi connectivity index (χ0v) is 19.2. The van der Waals surface area contributed by atoms with Crippen molar-refractivity contribution in [2.24, 2.45) is 0 Å². The molecule has 0 unspecified atom stereocenters. The molecule has 2 aromatic rings. The van der Waals surface area contributed by atoms with E-state index in [2.05, 4.69) is 10.6 Å². The zero-order chi connectivity index (χ0) is 23.0. The molecule has 1 saturated carbocycles. The third-order valence-corrected chi connectivity index (χ3v) is 6.79. The van der Waals surface area contributed by atoms with Crippen LogP contribution in [0.15, 0.2) is 54.6 Å². The maximum atomic E-state index is 12.8. The van der Waals surface area contributed by atoms with Gasteiger partial charge in [-0.3, -0.25) is 13.9 Å². The number of para-hydroxylation sites is 2. The minimum absolute atomic E-state index is 0.136. The van der Waals surface area contributed by atoms with Gasteiger partial charge in [-0.15, -0.1) is 0 Å². The normalized spacial score (nSPS) is 14.5. The maximum Gasteiger partial charge on any atom is 0.253 e. The fourth-order valence-electron chi connectivity index (χ4n) is 3.98. The Kier molecular flexibility index (Phi) is 8.27. The van der Waals surface area contributed by atoms with Gasteiger partial charge in [0.05, 0.1) is 23.2 Å². The molecule has 0 saturated heterocycles. The van der Waals surface area contributed by atoms with Gasteiger partial charge < -0.3 is 10.6 Å². The minimum atomic E-state index is -3.46. The van der Waals surface area contributed by atoms with Crippen molar-refractivity contribution in [3.63, 3.8) is 0 Å². The van der Waals surface area contributed by atoms with E-state index in [9.17, 15) is 18.0 Å².